The van der Waals surface area contributed by atoms with Crippen molar-refractivity contribution in [3.63, 3.8) is 0 Å². The van der Waals surface area contributed by atoms with Crippen molar-refractivity contribution in [3.8, 4) is 0 Å². The number of hydrogen-bond acceptors (Lipinski definition) is 5. The normalized spacial score (nSPS) is 15.6. The van der Waals surface area contributed by atoms with E-state index in [-0.39, 0.29) is 0 Å². The molecule has 1 aliphatic rings. The van der Waals surface area contributed by atoms with Crippen LogP contribution in [0.5, 0.6) is 0 Å². The molecule has 0 unspecified atom stereocenters. The first-order chi connectivity index (χ1) is 10.7. The summed E-state index contributed by atoms with van der Waals surface area (Å²) < 4.78 is 7.78. The standard InChI is InChI=1S/C17H15NS4/c1-4-5-6-9(2)13-8-12-15-14(21-17(12)19-13)11-7-10(3)22-18-16(11)20-15/h4-8,18H,1-3H3/b5-4-,9-6+. The Morgan fingerprint density at radius 2 is 2.05 bits per heavy atom. The summed E-state index contributed by atoms with van der Waals surface area (Å²) in [5.41, 5.74) is 2.72. The minimum Gasteiger partial charge on any atom is -0.317 e. The fourth-order valence-electron chi connectivity index (χ4n) is 2.49. The molecule has 1 nitrogen and oxygen atoms in total. The Labute approximate surface area is 146 Å². The van der Waals surface area contributed by atoms with Gasteiger partial charge in [0.2, 0.25) is 0 Å². The predicted octanol–water partition coefficient (Wildman–Crippen LogP) is 7.59. The highest BCUT2D eigenvalue weighted by Crippen LogP contribution is 2.51. The molecule has 0 saturated heterocycles. The van der Waals surface area contributed by atoms with Crippen LogP contribution in [0, 0.1) is 0 Å². The molecule has 0 atom stereocenters. The topological polar surface area (TPSA) is 12.0 Å². The molecule has 1 N–H and O–H groups in total. The van der Waals surface area contributed by atoms with Crippen LogP contribution in [0.3, 0.4) is 0 Å². The second kappa shape index (κ2) is 5.57. The van der Waals surface area contributed by atoms with Crippen LogP contribution in [0.15, 0.2) is 29.2 Å². The van der Waals surface area contributed by atoms with Gasteiger partial charge in [0.25, 0.3) is 0 Å². The van der Waals surface area contributed by atoms with Gasteiger partial charge in [-0.05, 0) is 50.4 Å². The molecule has 0 aliphatic carbocycles. The van der Waals surface area contributed by atoms with Crippen molar-refractivity contribution >= 4 is 81.4 Å². The lowest BCUT2D eigenvalue weighted by atomic mass is 10.2. The molecule has 22 heavy (non-hydrogen) atoms. The van der Waals surface area contributed by atoms with Gasteiger partial charge in [-0.1, -0.05) is 18.2 Å². The summed E-state index contributed by atoms with van der Waals surface area (Å²) in [7, 11) is 0. The van der Waals surface area contributed by atoms with Gasteiger partial charge >= 0.3 is 0 Å². The molecule has 3 aromatic rings. The molecular formula is C17H15NS4. The number of fused-ring (bicyclic) bond motifs is 5. The zero-order valence-electron chi connectivity index (χ0n) is 12.5. The predicted molar refractivity (Wildman–Crippen MR) is 108 cm³/mol. The van der Waals surface area contributed by atoms with Crippen LogP contribution in [-0.4, -0.2) is 0 Å². The van der Waals surface area contributed by atoms with Crippen LogP contribution in [-0.2, 0) is 0 Å². The SMILES string of the molecule is C/C=C\C=C(/C)c1cc2c(s1)sc1c3c(sc12)NSC(C)=C3. The minimum atomic E-state index is 1.30. The van der Waals surface area contributed by atoms with Crippen molar-refractivity contribution in [1.82, 2.24) is 0 Å². The summed E-state index contributed by atoms with van der Waals surface area (Å²) in [6.07, 6.45) is 8.68. The minimum absolute atomic E-state index is 1.30. The van der Waals surface area contributed by atoms with Crippen LogP contribution in [0.25, 0.3) is 30.4 Å². The van der Waals surface area contributed by atoms with Gasteiger partial charge in [0.05, 0.1) is 13.4 Å². The third kappa shape index (κ3) is 2.27. The monoisotopic (exact) mass is 361 g/mol. The highest BCUT2D eigenvalue weighted by Gasteiger charge is 2.20. The van der Waals surface area contributed by atoms with Crippen molar-refractivity contribution in [2.45, 2.75) is 20.8 Å². The Kier molecular flexibility index (Phi) is 3.69. The molecule has 0 aromatic carbocycles. The molecule has 0 radical (unpaired) electrons. The number of allylic oxidation sites excluding steroid dienone is 5. The number of thiophene rings is 3. The summed E-state index contributed by atoms with van der Waals surface area (Å²) in [4.78, 5) is 2.71. The van der Waals surface area contributed by atoms with Gasteiger partial charge in [0.15, 0.2) is 0 Å². The van der Waals surface area contributed by atoms with E-state index in [2.05, 4.69) is 55.9 Å². The Morgan fingerprint density at radius 1 is 1.18 bits per heavy atom. The number of anilines is 1. The maximum Gasteiger partial charge on any atom is 0.108 e. The van der Waals surface area contributed by atoms with Crippen LogP contribution < -0.4 is 4.72 Å². The van der Waals surface area contributed by atoms with Crippen LogP contribution >= 0.6 is 46.0 Å². The van der Waals surface area contributed by atoms with E-state index in [1.54, 1.807) is 11.9 Å². The Morgan fingerprint density at radius 3 is 2.86 bits per heavy atom. The second-order valence-corrected chi connectivity index (χ2v) is 9.66. The van der Waals surface area contributed by atoms with Gasteiger partial charge < -0.3 is 4.72 Å². The van der Waals surface area contributed by atoms with E-state index < -0.39 is 0 Å². The zero-order chi connectivity index (χ0) is 15.3. The lowest BCUT2D eigenvalue weighted by Crippen LogP contribution is -1.90. The summed E-state index contributed by atoms with van der Waals surface area (Å²) >= 11 is 7.46. The first-order valence-electron chi connectivity index (χ1n) is 7.07. The molecule has 3 aromatic heterocycles. The van der Waals surface area contributed by atoms with Crippen LogP contribution in [0.4, 0.5) is 5.00 Å². The van der Waals surface area contributed by atoms with E-state index in [4.69, 9.17) is 0 Å². The molecule has 0 saturated carbocycles. The van der Waals surface area contributed by atoms with E-state index in [0.717, 1.165) is 0 Å². The summed E-state index contributed by atoms with van der Waals surface area (Å²) in [6, 6.07) is 2.36. The van der Waals surface area contributed by atoms with E-state index in [0.29, 0.717) is 0 Å². The fourth-order valence-corrected chi connectivity index (χ4v) is 7.21. The number of nitrogens with one attached hydrogen (secondary N) is 1. The highest BCUT2D eigenvalue weighted by atomic mass is 32.2. The third-order valence-corrected chi connectivity index (χ3v) is 8.37. The maximum atomic E-state index is 3.47. The summed E-state index contributed by atoms with van der Waals surface area (Å²) in [5, 5.41) is 2.72. The molecule has 0 fully saturated rings. The van der Waals surface area contributed by atoms with Gasteiger partial charge in [-0.2, -0.15) is 0 Å². The first-order valence-corrected chi connectivity index (χ1v) is 10.3. The molecule has 1 aliphatic heterocycles. The van der Waals surface area contributed by atoms with Crippen LogP contribution in [0.2, 0.25) is 0 Å². The quantitative estimate of drug-likeness (QED) is 0.373. The third-order valence-electron chi connectivity index (χ3n) is 3.62. The molecule has 0 spiro atoms. The molecule has 0 bridgehead atoms. The van der Waals surface area contributed by atoms with Crippen molar-refractivity contribution < 1.29 is 0 Å². The van der Waals surface area contributed by atoms with Gasteiger partial charge in [-0.15, -0.1) is 34.0 Å². The van der Waals surface area contributed by atoms with Gasteiger partial charge in [-0.3, -0.25) is 0 Å². The van der Waals surface area contributed by atoms with E-state index >= 15 is 0 Å². The molecular weight excluding hydrogens is 346 g/mol. The van der Waals surface area contributed by atoms with Gasteiger partial charge in [0.1, 0.15) is 5.00 Å². The first kappa shape index (κ1) is 14.6. The van der Waals surface area contributed by atoms with Gasteiger partial charge in [0, 0.05) is 20.7 Å². The smallest absolute Gasteiger partial charge is 0.108 e. The number of rotatable bonds is 2. The molecule has 4 heterocycles. The second-order valence-electron chi connectivity index (χ2n) is 5.25. The molecule has 4 rings (SSSR count). The lowest BCUT2D eigenvalue weighted by molar-refractivity contribution is 1.68. The fraction of sp³-hybridized carbons (Fsp3) is 0.176. The van der Waals surface area contributed by atoms with Crippen molar-refractivity contribution in [2.75, 3.05) is 4.72 Å². The average molecular weight is 362 g/mol. The van der Waals surface area contributed by atoms with Crippen LogP contribution in [0.1, 0.15) is 31.2 Å². The largest absolute Gasteiger partial charge is 0.317 e. The highest BCUT2D eigenvalue weighted by molar-refractivity contribution is 8.04. The number of hydrogen-bond donors (Lipinski definition) is 1. The van der Waals surface area contributed by atoms with Crippen molar-refractivity contribution in [3.05, 3.63) is 39.6 Å². The maximum absolute atomic E-state index is 3.47. The van der Waals surface area contributed by atoms with E-state index in [1.165, 1.54) is 44.7 Å². The summed E-state index contributed by atoms with van der Waals surface area (Å²) in [6.45, 7) is 6.40. The molecule has 0 amide bonds. The molecule has 112 valence electrons. The van der Waals surface area contributed by atoms with E-state index in [9.17, 15) is 0 Å². The average Bonchev–Trinajstić information content (AvgIpc) is 3.14. The Hall–Kier alpha value is -1.01. The van der Waals surface area contributed by atoms with E-state index in [1.807, 2.05) is 34.0 Å². The Balaban J connectivity index is 1.89. The molecule has 5 heteroatoms. The summed E-state index contributed by atoms with van der Waals surface area (Å²) in [5.74, 6) is 0. The van der Waals surface area contributed by atoms with Crippen molar-refractivity contribution in [1.29, 1.82) is 0 Å². The Bertz CT molecular complexity index is 962. The van der Waals surface area contributed by atoms with Gasteiger partial charge in [-0.25, -0.2) is 0 Å². The van der Waals surface area contributed by atoms with Crippen molar-refractivity contribution in [2.24, 2.45) is 0 Å². The zero-order valence-corrected chi connectivity index (χ0v) is 15.8. The lowest BCUT2D eigenvalue weighted by Gasteiger charge is -2.10.